The van der Waals surface area contributed by atoms with Gasteiger partial charge in [0, 0.05) is 12.6 Å². The first-order chi connectivity index (χ1) is 9.58. The van der Waals surface area contributed by atoms with Gasteiger partial charge in [-0.3, -0.25) is 0 Å². The van der Waals surface area contributed by atoms with E-state index >= 15 is 0 Å². The normalized spacial score (nSPS) is 10.9. The largest absolute Gasteiger partial charge is 0.478 e. The van der Waals surface area contributed by atoms with Crippen molar-refractivity contribution in [1.82, 2.24) is 9.55 Å². The van der Waals surface area contributed by atoms with Gasteiger partial charge >= 0.3 is 5.97 Å². The minimum absolute atomic E-state index is 0.270. The third-order valence-corrected chi connectivity index (χ3v) is 3.46. The second-order valence-corrected chi connectivity index (χ2v) is 4.82. The Labute approximate surface area is 116 Å². The smallest absolute Gasteiger partial charge is 0.335 e. The predicted molar refractivity (Wildman–Crippen MR) is 77.8 cm³/mol. The van der Waals surface area contributed by atoms with E-state index in [1.54, 1.807) is 18.2 Å². The van der Waals surface area contributed by atoms with Gasteiger partial charge in [0.25, 0.3) is 0 Å². The molecule has 0 saturated carbocycles. The van der Waals surface area contributed by atoms with Crippen LogP contribution in [-0.2, 0) is 7.05 Å². The highest BCUT2D eigenvalue weighted by Crippen LogP contribution is 2.26. The minimum Gasteiger partial charge on any atom is -0.478 e. The number of fused-ring (bicyclic) bond motifs is 1. The lowest BCUT2D eigenvalue weighted by atomic mass is 10.1. The zero-order valence-electron chi connectivity index (χ0n) is 11.3. The summed E-state index contributed by atoms with van der Waals surface area (Å²) >= 11 is 0. The number of aromatic nitrogens is 2. The van der Waals surface area contributed by atoms with Crippen molar-refractivity contribution in [2.45, 2.75) is 6.92 Å². The topological polar surface area (TPSA) is 55.1 Å². The van der Waals surface area contributed by atoms with Crippen molar-refractivity contribution in [3.63, 3.8) is 0 Å². The van der Waals surface area contributed by atoms with Crippen LogP contribution in [0.1, 0.15) is 15.9 Å². The van der Waals surface area contributed by atoms with Gasteiger partial charge in [-0.2, -0.15) is 0 Å². The molecule has 0 fully saturated rings. The van der Waals surface area contributed by atoms with E-state index in [1.165, 1.54) is 0 Å². The van der Waals surface area contributed by atoms with Crippen LogP contribution >= 0.6 is 0 Å². The molecule has 2 aromatic carbocycles. The number of hydrogen-bond donors (Lipinski definition) is 1. The molecule has 4 nitrogen and oxygen atoms in total. The summed E-state index contributed by atoms with van der Waals surface area (Å²) in [5.41, 5.74) is 4.22. The van der Waals surface area contributed by atoms with Crippen molar-refractivity contribution in [1.29, 1.82) is 0 Å². The summed E-state index contributed by atoms with van der Waals surface area (Å²) in [4.78, 5) is 15.7. The number of rotatable bonds is 2. The Morgan fingerprint density at radius 3 is 2.65 bits per heavy atom. The van der Waals surface area contributed by atoms with Crippen molar-refractivity contribution in [2.75, 3.05) is 0 Å². The summed E-state index contributed by atoms with van der Waals surface area (Å²) in [6, 6.07) is 12.8. The zero-order chi connectivity index (χ0) is 14.3. The van der Waals surface area contributed by atoms with E-state index in [0.717, 1.165) is 28.0 Å². The quantitative estimate of drug-likeness (QED) is 0.774. The molecular weight excluding hydrogens is 252 g/mol. The number of hydrogen-bond acceptors (Lipinski definition) is 2. The molecule has 0 unspecified atom stereocenters. The molecule has 0 saturated heterocycles. The van der Waals surface area contributed by atoms with Crippen molar-refractivity contribution in [2.24, 2.45) is 7.05 Å². The SMILES string of the molecule is Cc1cccc2nc(-c3cccc(C(=O)O)c3)n(C)c12. The fourth-order valence-electron chi connectivity index (χ4n) is 2.51. The average Bonchev–Trinajstić information content (AvgIpc) is 2.77. The lowest BCUT2D eigenvalue weighted by molar-refractivity contribution is 0.0697. The minimum atomic E-state index is -0.929. The van der Waals surface area contributed by atoms with Gasteiger partial charge in [0.1, 0.15) is 5.82 Å². The van der Waals surface area contributed by atoms with E-state index in [4.69, 9.17) is 5.11 Å². The van der Waals surface area contributed by atoms with Gasteiger partial charge in [-0.25, -0.2) is 9.78 Å². The fourth-order valence-corrected chi connectivity index (χ4v) is 2.51. The Balaban J connectivity index is 2.25. The molecule has 1 N–H and O–H groups in total. The first-order valence-electron chi connectivity index (χ1n) is 6.33. The Kier molecular flexibility index (Phi) is 2.79. The molecule has 0 aliphatic heterocycles. The van der Waals surface area contributed by atoms with Crippen molar-refractivity contribution < 1.29 is 9.90 Å². The second kappa shape index (κ2) is 4.49. The molecule has 4 heteroatoms. The molecule has 0 aliphatic carbocycles. The Morgan fingerprint density at radius 2 is 1.95 bits per heavy atom. The number of benzene rings is 2. The van der Waals surface area contributed by atoms with Gasteiger partial charge in [-0.1, -0.05) is 24.3 Å². The van der Waals surface area contributed by atoms with Crippen molar-refractivity contribution in [3.8, 4) is 11.4 Å². The molecule has 0 atom stereocenters. The predicted octanol–water partition coefficient (Wildman–Crippen LogP) is 3.25. The number of carboxylic acids is 1. The fraction of sp³-hybridized carbons (Fsp3) is 0.125. The first kappa shape index (κ1) is 12.4. The number of aryl methyl sites for hydroxylation is 2. The van der Waals surface area contributed by atoms with Crippen LogP contribution in [0.2, 0.25) is 0 Å². The monoisotopic (exact) mass is 266 g/mol. The first-order valence-corrected chi connectivity index (χ1v) is 6.33. The Morgan fingerprint density at radius 1 is 1.20 bits per heavy atom. The molecule has 20 heavy (non-hydrogen) atoms. The summed E-state index contributed by atoms with van der Waals surface area (Å²) in [5, 5.41) is 9.08. The molecule has 3 aromatic rings. The number of imidazole rings is 1. The maximum absolute atomic E-state index is 11.1. The van der Waals surface area contributed by atoms with Crippen LogP contribution in [-0.4, -0.2) is 20.6 Å². The molecule has 100 valence electrons. The molecule has 0 radical (unpaired) electrons. The third-order valence-electron chi connectivity index (χ3n) is 3.46. The zero-order valence-corrected chi connectivity index (χ0v) is 11.3. The number of carboxylic acid groups (broad SMARTS) is 1. The number of para-hydroxylation sites is 1. The van der Waals surface area contributed by atoms with Gasteiger partial charge in [0.15, 0.2) is 0 Å². The van der Waals surface area contributed by atoms with Crippen molar-refractivity contribution in [3.05, 3.63) is 53.6 Å². The van der Waals surface area contributed by atoms with E-state index in [2.05, 4.69) is 4.98 Å². The highest BCUT2D eigenvalue weighted by atomic mass is 16.4. The second-order valence-electron chi connectivity index (χ2n) is 4.82. The maximum atomic E-state index is 11.1. The van der Waals surface area contributed by atoms with Gasteiger partial charge in [-0.15, -0.1) is 0 Å². The summed E-state index contributed by atoms with van der Waals surface area (Å²) in [5.74, 6) is -0.154. The number of nitrogens with zero attached hydrogens (tertiary/aromatic N) is 2. The summed E-state index contributed by atoms with van der Waals surface area (Å²) in [6.07, 6.45) is 0. The molecule has 0 bridgehead atoms. The van der Waals surface area contributed by atoms with E-state index in [1.807, 2.05) is 42.8 Å². The third kappa shape index (κ3) is 1.86. The van der Waals surface area contributed by atoms with Crippen LogP contribution in [0.5, 0.6) is 0 Å². The van der Waals surface area contributed by atoms with E-state index in [0.29, 0.717) is 0 Å². The molecule has 0 aliphatic rings. The molecule has 3 rings (SSSR count). The van der Waals surface area contributed by atoms with Crippen LogP contribution in [0.15, 0.2) is 42.5 Å². The number of carbonyl (C=O) groups is 1. The maximum Gasteiger partial charge on any atom is 0.335 e. The van der Waals surface area contributed by atoms with Gasteiger partial charge < -0.3 is 9.67 Å². The van der Waals surface area contributed by atoms with Crippen LogP contribution in [0.4, 0.5) is 0 Å². The molecule has 0 amide bonds. The van der Waals surface area contributed by atoms with E-state index < -0.39 is 5.97 Å². The van der Waals surface area contributed by atoms with Gasteiger partial charge in [-0.05, 0) is 30.7 Å². The van der Waals surface area contributed by atoms with Crippen LogP contribution in [0, 0.1) is 6.92 Å². The van der Waals surface area contributed by atoms with Crippen LogP contribution < -0.4 is 0 Å². The summed E-state index contributed by atoms with van der Waals surface area (Å²) < 4.78 is 2.01. The van der Waals surface area contributed by atoms with Crippen molar-refractivity contribution >= 4 is 17.0 Å². The Hall–Kier alpha value is -2.62. The lowest BCUT2D eigenvalue weighted by Gasteiger charge is -2.04. The standard InChI is InChI=1S/C16H14N2O2/c1-10-5-3-8-13-14(10)18(2)15(17-13)11-6-4-7-12(9-11)16(19)20/h3-9H,1-2H3,(H,19,20). The van der Waals surface area contributed by atoms with Gasteiger partial charge in [0.05, 0.1) is 16.6 Å². The number of aromatic carboxylic acids is 1. The summed E-state index contributed by atoms with van der Waals surface area (Å²) in [7, 11) is 1.95. The van der Waals surface area contributed by atoms with Crippen LogP contribution in [0.3, 0.4) is 0 Å². The Bertz CT molecular complexity index is 818. The lowest BCUT2D eigenvalue weighted by Crippen LogP contribution is -1.98. The van der Waals surface area contributed by atoms with Gasteiger partial charge in [0.2, 0.25) is 0 Å². The van der Waals surface area contributed by atoms with E-state index in [9.17, 15) is 4.79 Å². The molecule has 1 heterocycles. The highest BCUT2D eigenvalue weighted by Gasteiger charge is 2.12. The van der Waals surface area contributed by atoms with Crippen LogP contribution in [0.25, 0.3) is 22.4 Å². The highest BCUT2D eigenvalue weighted by molar-refractivity contribution is 5.90. The molecular formula is C16H14N2O2. The average molecular weight is 266 g/mol. The summed E-state index contributed by atoms with van der Waals surface area (Å²) in [6.45, 7) is 2.04. The molecule has 0 spiro atoms. The van der Waals surface area contributed by atoms with E-state index in [-0.39, 0.29) is 5.56 Å². The molecule has 1 aromatic heterocycles.